The summed E-state index contributed by atoms with van der Waals surface area (Å²) in [4.78, 5) is 13.6. The first kappa shape index (κ1) is 18.8. The Balaban J connectivity index is 1.90. The van der Waals surface area contributed by atoms with Gasteiger partial charge in [0.05, 0.1) is 0 Å². The number of fused-ring (bicyclic) bond motifs is 2. The fraction of sp³-hybridized carbons (Fsp3) is 0.682. The molecule has 3 heteroatoms. The molecule has 0 unspecified atom stereocenters. The van der Waals surface area contributed by atoms with E-state index in [-0.39, 0.29) is 10.8 Å². The van der Waals surface area contributed by atoms with Gasteiger partial charge in [-0.05, 0) is 62.2 Å². The maximum Gasteiger partial charge on any atom is 0.185 e. The van der Waals surface area contributed by atoms with E-state index in [9.17, 15) is 4.79 Å². The SMILES string of the molecule is CC1(C)[C@@H]2CC[C@@]1(C)[C@@](O[Si](C)(C)C)(C(=O)CCc1ccccc1)C2. The Bertz CT molecular complexity index is 646. The van der Waals surface area contributed by atoms with E-state index in [1.807, 2.05) is 6.07 Å². The lowest BCUT2D eigenvalue weighted by Crippen LogP contribution is -2.58. The molecule has 2 bridgehead atoms. The summed E-state index contributed by atoms with van der Waals surface area (Å²) in [6.07, 6.45) is 4.69. The summed E-state index contributed by atoms with van der Waals surface area (Å²) in [7, 11) is -1.83. The van der Waals surface area contributed by atoms with Gasteiger partial charge in [-0.25, -0.2) is 0 Å². The minimum atomic E-state index is -1.83. The Morgan fingerprint density at radius 3 is 2.28 bits per heavy atom. The van der Waals surface area contributed by atoms with Crippen molar-refractivity contribution in [2.45, 2.75) is 78.1 Å². The first-order chi connectivity index (χ1) is 11.5. The molecule has 0 aliphatic heterocycles. The van der Waals surface area contributed by atoms with Gasteiger partial charge in [-0.3, -0.25) is 4.79 Å². The predicted molar refractivity (Wildman–Crippen MR) is 106 cm³/mol. The number of carbonyl (C=O) groups is 1. The van der Waals surface area contributed by atoms with Crippen LogP contribution in [0.5, 0.6) is 0 Å². The third-order valence-electron chi connectivity index (χ3n) is 7.28. The molecule has 0 aromatic heterocycles. The molecule has 2 aliphatic carbocycles. The van der Waals surface area contributed by atoms with Crippen molar-refractivity contribution in [1.82, 2.24) is 0 Å². The molecule has 2 fully saturated rings. The maximum absolute atomic E-state index is 13.6. The summed E-state index contributed by atoms with van der Waals surface area (Å²) >= 11 is 0. The highest BCUT2D eigenvalue weighted by atomic mass is 28.4. The van der Waals surface area contributed by atoms with E-state index < -0.39 is 13.9 Å². The molecule has 138 valence electrons. The number of hydrogen-bond donors (Lipinski definition) is 0. The summed E-state index contributed by atoms with van der Waals surface area (Å²) in [5, 5.41) is 0. The van der Waals surface area contributed by atoms with Crippen LogP contribution in [-0.4, -0.2) is 19.7 Å². The van der Waals surface area contributed by atoms with E-state index in [1.54, 1.807) is 0 Å². The van der Waals surface area contributed by atoms with Crippen LogP contribution < -0.4 is 0 Å². The van der Waals surface area contributed by atoms with Gasteiger partial charge in [-0.2, -0.15) is 0 Å². The molecule has 1 aromatic carbocycles. The zero-order chi connectivity index (χ0) is 18.5. The number of Topliss-reactive ketones (excluding diaryl/α,β-unsaturated/α-hetero) is 1. The molecule has 0 spiro atoms. The number of hydrogen-bond acceptors (Lipinski definition) is 2. The monoisotopic (exact) mass is 358 g/mol. The lowest BCUT2D eigenvalue weighted by atomic mass is 9.62. The number of rotatable bonds is 6. The average molecular weight is 359 g/mol. The van der Waals surface area contributed by atoms with Crippen LogP contribution in [0.25, 0.3) is 0 Å². The average Bonchev–Trinajstić information content (AvgIpc) is 2.84. The van der Waals surface area contributed by atoms with Crippen molar-refractivity contribution in [1.29, 1.82) is 0 Å². The molecule has 0 saturated heterocycles. The van der Waals surface area contributed by atoms with E-state index in [2.05, 4.69) is 64.7 Å². The van der Waals surface area contributed by atoms with Crippen molar-refractivity contribution in [3.8, 4) is 0 Å². The van der Waals surface area contributed by atoms with Crippen LogP contribution in [0.3, 0.4) is 0 Å². The second-order valence-corrected chi connectivity index (χ2v) is 14.4. The smallest absolute Gasteiger partial charge is 0.185 e. The molecule has 3 rings (SSSR count). The van der Waals surface area contributed by atoms with Gasteiger partial charge in [0, 0.05) is 11.8 Å². The van der Waals surface area contributed by atoms with Crippen LogP contribution in [0.1, 0.15) is 52.0 Å². The summed E-state index contributed by atoms with van der Waals surface area (Å²) in [5.74, 6) is 0.950. The quantitative estimate of drug-likeness (QED) is 0.616. The van der Waals surface area contributed by atoms with Crippen LogP contribution in [0.15, 0.2) is 30.3 Å². The lowest BCUT2D eigenvalue weighted by molar-refractivity contribution is -0.151. The normalized spacial score (nSPS) is 33.6. The second kappa shape index (κ2) is 6.06. The molecule has 2 saturated carbocycles. The molecule has 0 N–H and O–H groups in total. The zero-order valence-corrected chi connectivity index (χ0v) is 17.8. The van der Waals surface area contributed by atoms with Crippen molar-refractivity contribution in [2.75, 3.05) is 0 Å². The fourth-order valence-corrected chi connectivity index (χ4v) is 6.98. The Morgan fingerprint density at radius 2 is 1.80 bits per heavy atom. The van der Waals surface area contributed by atoms with Crippen molar-refractivity contribution < 1.29 is 9.22 Å². The Kier molecular flexibility index (Phi) is 4.57. The largest absolute Gasteiger partial charge is 0.405 e. The Morgan fingerprint density at radius 1 is 1.16 bits per heavy atom. The standard InChI is InChI=1S/C22H34O2Si/c1-20(2)18-14-15-21(20,3)22(16-18,24-25(4,5)6)19(23)13-12-17-10-8-7-9-11-17/h7-11,18H,12-16H2,1-6H3/t18-,21-,22+/m1/s1. The van der Waals surface area contributed by atoms with Gasteiger partial charge in [-0.15, -0.1) is 0 Å². The molecule has 25 heavy (non-hydrogen) atoms. The summed E-state index contributed by atoms with van der Waals surface area (Å²) in [5.41, 5.74) is 0.804. The molecule has 0 amide bonds. The number of carbonyl (C=O) groups excluding carboxylic acids is 1. The topological polar surface area (TPSA) is 26.3 Å². The van der Waals surface area contributed by atoms with Gasteiger partial charge in [0.1, 0.15) is 5.60 Å². The van der Waals surface area contributed by atoms with Gasteiger partial charge in [0.15, 0.2) is 14.1 Å². The first-order valence-electron chi connectivity index (χ1n) is 9.79. The van der Waals surface area contributed by atoms with Crippen molar-refractivity contribution in [3.63, 3.8) is 0 Å². The highest BCUT2D eigenvalue weighted by molar-refractivity contribution is 6.70. The third-order valence-corrected chi connectivity index (χ3v) is 8.24. The molecule has 0 heterocycles. The summed E-state index contributed by atoms with van der Waals surface area (Å²) in [6, 6.07) is 10.4. The van der Waals surface area contributed by atoms with Crippen LogP contribution in [-0.2, 0) is 15.6 Å². The molecule has 2 aliphatic rings. The van der Waals surface area contributed by atoms with Gasteiger partial charge in [0.25, 0.3) is 0 Å². The van der Waals surface area contributed by atoms with Gasteiger partial charge in [-0.1, -0.05) is 51.1 Å². The van der Waals surface area contributed by atoms with Gasteiger partial charge in [0.2, 0.25) is 0 Å². The van der Waals surface area contributed by atoms with Crippen LogP contribution in [0, 0.1) is 16.7 Å². The summed E-state index contributed by atoms with van der Waals surface area (Å²) < 4.78 is 6.80. The molecule has 1 aromatic rings. The Labute approximate surface area is 154 Å². The van der Waals surface area contributed by atoms with Crippen molar-refractivity contribution >= 4 is 14.1 Å². The lowest BCUT2D eigenvalue weighted by Gasteiger charge is -2.50. The van der Waals surface area contributed by atoms with Crippen LogP contribution in [0.2, 0.25) is 19.6 Å². The van der Waals surface area contributed by atoms with Crippen LogP contribution in [0.4, 0.5) is 0 Å². The van der Waals surface area contributed by atoms with E-state index in [0.717, 1.165) is 19.3 Å². The van der Waals surface area contributed by atoms with E-state index in [1.165, 1.54) is 12.0 Å². The molecular weight excluding hydrogens is 324 g/mol. The second-order valence-electron chi connectivity index (χ2n) is 9.94. The number of ketones is 1. The highest BCUT2D eigenvalue weighted by Gasteiger charge is 2.72. The van der Waals surface area contributed by atoms with Crippen molar-refractivity contribution in [3.05, 3.63) is 35.9 Å². The first-order valence-corrected chi connectivity index (χ1v) is 13.2. The molecule has 3 atom stereocenters. The van der Waals surface area contributed by atoms with E-state index in [0.29, 0.717) is 18.1 Å². The fourth-order valence-electron chi connectivity index (χ4n) is 5.51. The number of benzene rings is 1. The third kappa shape index (κ3) is 2.93. The molecule has 0 radical (unpaired) electrons. The van der Waals surface area contributed by atoms with Crippen molar-refractivity contribution in [2.24, 2.45) is 16.7 Å². The minimum absolute atomic E-state index is 0.0429. The minimum Gasteiger partial charge on any atom is -0.405 e. The van der Waals surface area contributed by atoms with Gasteiger partial charge < -0.3 is 4.43 Å². The van der Waals surface area contributed by atoms with Gasteiger partial charge >= 0.3 is 0 Å². The zero-order valence-electron chi connectivity index (χ0n) is 16.8. The number of aryl methyl sites for hydroxylation is 1. The Hall–Kier alpha value is -0.933. The van der Waals surface area contributed by atoms with E-state index in [4.69, 9.17) is 4.43 Å². The molecular formula is C22H34O2Si. The molecule has 2 nitrogen and oxygen atoms in total. The van der Waals surface area contributed by atoms with Crippen LogP contribution >= 0.6 is 0 Å². The van der Waals surface area contributed by atoms with E-state index >= 15 is 0 Å². The predicted octanol–water partition coefficient (Wildman–Crippen LogP) is 5.62. The highest BCUT2D eigenvalue weighted by Crippen LogP contribution is 2.71. The maximum atomic E-state index is 13.6. The summed E-state index contributed by atoms with van der Waals surface area (Å²) in [6.45, 7) is 13.7.